The Kier molecular flexibility index (Phi) is 3.81. The zero-order valence-corrected chi connectivity index (χ0v) is 11.0. The van der Waals surface area contributed by atoms with Crippen molar-refractivity contribution in [2.75, 3.05) is 32.6 Å². The highest BCUT2D eigenvalue weighted by Gasteiger charge is 2.21. The molecule has 1 N–H and O–H groups in total. The highest BCUT2D eigenvalue weighted by Crippen LogP contribution is 2.19. The molecule has 1 amide bonds. The lowest BCUT2D eigenvalue weighted by Gasteiger charge is -2.16. The number of nitrogens with one attached hydrogen (secondary N) is 1. The van der Waals surface area contributed by atoms with Gasteiger partial charge in [0, 0.05) is 27.2 Å². The first-order valence-corrected chi connectivity index (χ1v) is 6.03. The van der Waals surface area contributed by atoms with Crippen molar-refractivity contribution in [1.82, 2.24) is 20.4 Å². The number of aromatic nitrogens is 2. The van der Waals surface area contributed by atoms with E-state index in [-0.39, 0.29) is 12.5 Å². The standard InChI is InChI=1S/C11H19N5O2/c1-15(2)10(17)7-16(3)11-14-13-9(18-11)6-12-8-4-5-8/h8,12H,4-7H2,1-3H3. The summed E-state index contributed by atoms with van der Waals surface area (Å²) < 4.78 is 5.47. The van der Waals surface area contributed by atoms with Crippen molar-refractivity contribution >= 4 is 11.9 Å². The summed E-state index contributed by atoms with van der Waals surface area (Å²) in [6.07, 6.45) is 2.44. The molecule has 100 valence electrons. The minimum atomic E-state index is -0.00615. The third-order valence-electron chi connectivity index (χ3n) is 2.77. The van der Waals surface area contributed by atoms with E-state index in [9.17, 15) is 4.79 Å². The zero-order chi connectivity index (χ0) is 13.1. The van der Waals surface area contributed by atoms with E-state index >= 15 is 0 Å². The van der Waals surface area contributed by atoms with Gasteiger partial charge in [0.1, 0.15) is 6.54 Å². The van der Waals surface area contributed by atoms with E-state index in [4.69, 9.17) is 4.42 Å². The van der Waals surface area contributed by atoms with E-state index in [0.717, 1.165) is 0 Å². The Bertz CT molecular complexity index is 413. The van der Waals surface area contributed by atoms with Crippen molar-refractivity contribution in [3.05, 3.63) is 5.89 Å². The molecule has 0 bridgehead atoms. The van der Waals surface area contributed by atoms with Gasteiger partial charge in [0.05, 0.1) is 6.54 Å². The number of rotatable bonds is 6. The summed E-state index contributed by atoms with van der Waals surface area (Å²) >= 11 is 0. The van der Waals surface area contributed by atoms with E-state index in [1.54, 1.807) is 26.0 Å². The van der Waals surface area contributed by atoms with Gasteiger partial charge >= 0.3 is 6.01 Å². The fourth-order valence-electron chi connectivity index (χ4n) is 1.40. The Hall–Kier alpha value is -1.63. The molecule has 18 heavy (non-hydrogen) atoms. The highest BCUT2D eigenvalue weighted by molar-refractivity contribution is 5.80. The number of carbonyl (C=O) groups is 1. The third-order valence-corrected chi connectivity index (χ3v) is 2.77. The molecule has 0 unspecified atom stereocenters. The molecule has 0 saturated heterocycles. The molecule has 1 heterocycles. The van der Waals surface area contributed by atoms with Crippen LogP contribution in [0.15, 0.2) is 4.42 Å². The number of anilines is 1. The molecular weight excluding hydrogens is 234 g/mol. The molecule has 0 radical (unpaired) electrons. The third kappa shape index (κ3) is 3.43. The molecule has 1 saturated carbocycles. The van der Waals surface area contributed by atoms with E-state index in [0.29, 0.717) is 24.5 Å². The summed E-state index contributed by atoms with van der Waals surface area (Å²) in [6, 6.07) is 0.978. The maximum atomic E-state index is 11.5. The van der Waals surface area contributed by atoms with Gasteiger partial charge in [0.25, 0.3) is 0 Å². The van der Waals surface area contributed by atoms with Crippen LogP contribution in [0, 0.1) is 0 Å². The Morgan fingerprint density at radius 1 is 1.39 bits per heavy atom. The lowest BCUT2D eigenvalue weighted by Crippen LogP contribution is -2.34. The van der Waals surface area contributed by atoms with Crippen LogP contribution in [0.25, 0.3) is 0 Å². The van der Waals surface area contributed by atoms with Crippen LogP contribution in [-0.2, 0) is 11.3 Å². The average Bonchev–Trinajstić information content (AvgIpc) is 3.03. The molecule has 1 aliphatic carbocycles. The average molecular weight is 253 g/mol. The van der Waals surface area contributed by atoms with Crippen molar-refractivity contribution in [3.8, 4) is 0 Å². The molecule has 0 aliphatic heterocycles. The topological polar surface area (TPSA) is 74.5 Å². The molecule has 7 heteroatoms. The van der Waals surface area contributed by atoms with Crippen molar-refractivity contribution in [1.29, 1.82) is 0 Å². The fourth-order valence-corrected chi connectivity index (χ4v) is 1.40. The predicted octanol–water partition coefficient (Wildman–Crippen LogP) is -0.154. The molecule has 1 aromatic rings. The molecular formula is C11H19N5O2. The lowest BCUT2D eigenvalue weighted by molar-refractivity contribution is -0.127. The summed E-state index contributed by atoms with van der Waals surface area (Å²) in [4.78, 5) is 14.7. The normalized spacial score (nSPS) is 14.6. The monoisotopic (exact) mass is 253 g/mol. The first-order chi connectivity index (χ1) is 8.56. The van der Waals surface area contributed by atoms with Crippen LogP contribution in [0.1, 0.15) is 18.7 Å². The van der Waals surface area contributed by atoms with Crippen LogP contribution >= 0.6 is 0 Å². The van der Waals surface area contributed by atoms with Crippen LogP contribution in [0.2, 0.25) is 0 Å². The van der Waals surface area contributed by atoms with Crippen molar-refractivity contribution < 1.29 is 9.21 Å². The molecule has 1 aliphatic rings. The fraction of sp³-hybridized carbons (Fsp3) is 0.727. The summed E-state index contributed by atoms with van der Waals surface area (Å²) in [5, 5.41) is 11.2. The number of likely N-dealkylation sites (N-methyl/N-ethyl adjacent to an activating group) is 2. The molecule has 2 rings (SSSR count). The van der Waals surface area contributed by atoms with Crippen LogP contribution in [0.5, 0.6) is 0 Å². The van der Waals surface area contributed by atoms with Crippen LogP contribution in [0.4, 0.5) is 6.01 Å². The minimum absolute atomic E-state index is 0.00615. The van der Waals surface area contributed by atoms with E-state index in [2.05, 4.69) is 15.5 Å². The summed E-state index contributed by atoms with van der Waals surface area (Å²) in [6.45, 7) is 0.817. The summed E-state index contributed by atoms with van der Waals surface area (Å²) in [7, 11) is 5.19. The van der Waals surface area contributed by atoms with Gasteiger partial charge in [0.15, 0.2) is 0 Å². The van der Waals surface area contributed by atoms with Gasteiger partial charge in [-0.05, 0) is 12.8 Å². The number of hydrogen-bond donors (Lipinski definition) is 1. The van der Waals surface area contributed by atoms with Gasteiger partial charge in [-0.3, -0.25) is 4.79 Å². The van der Waals surface area contributed by atoms with Crippen molar-refractivity contribution in [3.63, 3.8) is 0 Å². The second-order valence-electron chi connectivity index (χ2n) is 4.78. The van der Waals surface area contributed by atoms with Crippen LogP contribution in [-0.4, -0.2) is 54.7 Å². The number of nitrogens with zero attached hydrogens (tertiary/aromatic N) is 4. The van der Waals surface area contributed by atoms with Gasteiger partial charge in [-0.2, -0.15) is 0 Å². The minimum Gasteiger partial charge on any atom is -0.407 e. The lowest BCUT2D eigenvalue weighted by atomic mass is 10.5. The number of hydrogen-bond acceptors (Lipinski definition) is 6. The molecule has 7 nitrogen and oxygen atoms in total. The number of carbonyl (C=O) groups excluding carboxylic acids is 1. The molecule has 0 aromatic carbocycles. The van der Waals surface area contributed by atoms with Gasteiger partial charge in [-0.1, -0.05) is 5.10 Å². The Balaban J connectivity index is 1.85. The second-order valence-corrected chi connectivity index (χ2v) is 4.78. The van der Waals surface area contributed by atoms with Crippen LogP contribution < -0.4 is 10.2 Å². The largest absolute Gasteiger partial charge is 0.407 e. The molecule has 0 spiro atoms. The summed E-state index contributed by atoms with van der Waals surface area (Å²) in [5.74, 6) is 0.550. The molecule has 1 fully saturated rings. The van der Waals surface area contributed by atoms with E-state index in [1.165, 1.54) is 17.7 Å². The van der Waals surface area contributed by atoms with Gasteiger partial charge in [0.2, 0.25) is 11.8 Å². The first-order valence-electron chi connectivity index (χ1n) is 6.03. The summed E-state index contributed by atoms with van der Waals surface area (Å²) in [5.41, 5.74) is 0. The number of amides is 1. The Morgan fingerprint density at radius 3 is 2.72 bits per heavy atom. The van der Waals surface area contributed by atoms with Gasteiger partial charge in [-0.15, -0.1) is 5.10 Å². The highest BCUT2D eigenvalue weighted by atomic mass is 16.4. The van der Waals surface area contributed by atoms with Crippen molar-refractivity contribution in [2.24, 2.45) is 0 Å². The molecule has 1 aromatic heterocycles. The zero-order valence-electron chi connectivity index (χ0n) is 11.0. The maximum Gasteiger partial charge on any atom is 0.318 e. The quantitative estimate of drug-likeness (QED) is 0.759. The maximum absolute atomic E-state index is 11.5. The van der Waals surface area contributed by atoms with E-state index in [1.807, 2.05) is 0 Å². The van der Waals surface area contributed by atoms with Gasteiger partial charge < -0.3 is 19.5 Å². The second kappa shape index (κ2) is 5.34. The van der Waals surface area contributed by atoms with Gasteiger partial charge in [-0.25, -0.2) is 0 Å². The predicted molar refractivity (Wildman–Crippen MR) is 66.1 cm³/mol. The molecule has 0 atom stereocenters. The smallest absolute Gasteiger partial charge is 0.318 e. The SMILES string of the molecule is CN(C)C(=O)CN(C)c1nnc(CNC2CC2)o1. The Morgan fingerprint density at radius 2 is 2.11 bits per heavy atom. The van der Waals surface area contributed by atoms with E-state index < -0.39 is 0 Å². The van der Waals surface area contributed by atoms with Crippen LogP contribution in [0.3, 0.4) is 0 Å². The first kappa shape index (κ1) is 12.8. The Labute approximate surface area is 106 Å². The van der Waals surface area contributed by atoms with Crippen molar-refractivity contribution in [2.45, 2.75) is 25.4 Å².